The molecule has 1 aliphatic carbocycles. The molecule has 0 amide bonds. The summed E-state index contributed by atoms with van der Waals surface area (Å²) in [6.07, 6.45) is 8.88. The van der Waals surface area contributed by atoms with Crippen LogP contribution in [0.1, 0.15) is 31.7 Å². The Morgan fingerprint density at radius 3 is 2.48 bits per heavy atom. The molecule has 8 heteroatoms. The third-order valence-corrected chi connectivity index (χ3v) is 5.28. The zero-order valence-corrected chi connectivity index (χ0v) is 16.7. The Balaban J connectivity index is 1.43. The molecule has 0 bridgehead atoms. The van der Waals surface area contributed by atoms with E-state index >= 15 is 0 Å². The van der Waals surface area contributed by atoms with Crippen LogP contribution >= 0.6 is 0 Å². The molecule has 0 aliphatic heterocycles. The highest BCUT2D eigenvalue weighted by atomic mass is 16.1. The minimum Gasteiger partial charge on any atom is -0.363 e. The van der Waals surface area contributed by atoms with Crippen LogP contribution in [0.3, 0.4) is 0 Å². The summed E-state index contributed by atoms with van der Waals surface area (Å²) < 4.78 is 1.65. The molecular weight excluding hydrogens is 366 g/mol. The van der Waals surface area contributed by atoms with E-state index in [1.165, 1.54) is 0 Å². The van der Waals surface area contributed by atoms with E-state index in [4.69, 9.17) is 0 Å². The van der Waals surface area contributed by atoms with Crippen LogP contribution in [-0.4, -0.2) is 44.9 Å². The molecule has 0 unspecified atom stereocenters. The first-order valence-electron chi connectivity index (χ1n) is 9.87. The smallest absolute Gasteiger partial charge is 0.267 e. The highest BCUT2D eigenvalue weighted by Gasteiger charge is 2.24. The Hall–Kier alpha value is -3.29. The van der Waals surface area contributed by atoms with E-state index in [0.29, 0.717) is 12.0 Å². The fourth-order valence-corrected chi connectivity index (χ4v) is 3.68. The summed E-state index contributed by atoms with van der Waals surface area (Å²) in [4.78, 5) is 27.3. The molecule has 3 aromatic rings. The van der Waals surface area contributed by atoms with Gasteiger partial charge in [-0.1, -0.05) is 0 Å². The van der Waals surface area contributed by atoms with Crippen molar-refractivity contribution in [2.24, 2.45) is 0 Å². The van der Waals surface area contributed by atoms with Crippen LogP contribution in [0.5, 0.6) is 0 Å². The number of nitrogens with one attached hydrogen (secondary N) is 1. The van der Waals surface area contributed by atoms with Crippen LogP contribution in [-0.2, 0) is 0 Å². The quantitative estimate of drug-likeness (QED) is 0.715. The number of aromatic nitrogens is 5. The molecule has 29 heavy (non-hydrogen) atoms. The van der Waals surface area contributed by atoms with Gasteiger partial charge in [0.05, 0.1) is 11.7 Å². The summed E-state index contributed by atoms with van der Waals surface area (Å²) in [5.74, 6) is 1.52. The second-order valence-corrected chi connectivity index (χ2v) is 7.52. The van der Waals surface area contributed by atoms with Crippen LogP contribution in [0.4, 0.5) is 11.8 Å². The molecule has 1 fully saturated rings. The van der Waals surface area contributed by atoms with E-state index in [1.807, 2.05) is 37.2 Å². The second-order valence-electron chi connectivity index (χ2n) is 7.52. The highest BCUT2D eigenvalue weighted by Crippen LogP contribution is 2.29. The van der Waals surface area contributed by atoms with E-state index in [1.54, 1.807) is 35.4 Å². The van der Waals surface area contributed by atoms with Crippen LogP contribution in [0.25, 0.3) is 11.3 Å². The number of hydrogen-bond donors (Lipinski definition) is 1. The van der Waals surface area contributed by atoms with Crippen molar-refractivity contribution in [3.63, 3.8) is 0 Å². The Morgan fingerprint density at radius 2 is 1.76 bits per heavy atom. The van der Waals surface area contributed by atoms with Crippen LogP contribution in [0.15, 0.2) is 53.7 Å². The molecule has 3 aromatic heterocycles. The molecule has 0 atom stereocenters. The van der Waals surface area contributed by atoms with Crippen LogP contribution in [0, 0.1) is 0 Å². The SMILES string of the molecule is CN(C)c1ccnc(NC2CCC(n3nc(-c4ccncc4)ccc3=O)CC2)n1. The average molecular weight is 391 g/mol. The largest absolute Gasteiger partial charge is 0.363 e. The maximum atomic E-state index is 12.4. The molecule has 4 rings (SSSR count). The lowest BCUT2D eigenvalue weighted by Crippen LogP contribution is -2.33. The molecule has 1 aliphatic rings. The molecule has 1 saturated carbocycles. The van der Waals surface area contributed by atoms with Gasteiger partial charge in [-0.15, -0.1) is 0 Å². The zero-order chi connectivity index (χ0) is 20.2. The summed E-state index contributed by atoms with van der Waals surface area (Å²) in [7, 11) is 3.92. The second kappa shape index (κ2) is 8.38. The lowest BCUT2D eigenvalue weighted by molar-refractivity contribution is 0.304. The highest BCUT2D eigenvalue weighted by molar-refractivity contribution is 5.57. The molecule has 0 spiro atoms. The lowest BCUT2D eigenvalue weighted by atomic mass is 9.91. The predicted molar refractivity (Wildman–Crippen MR) is 113 cm³/mol. The Bertz CT molecular complexity index is 1010. The van der Waals surface area contributed by atoms with Crippen LogP contribution < -0.4 is 15.8 Å². The van der Waals surface area contributed by atoms with Gasteiger partial charge in [-0.25, -0.2) is 9.67 Å². The first kappa shape index (κ1) is 19.0. The Labute approximate surface area is 169 Å². The van der Waals surface area contributed by atoms with Crippen molar-refractivity contribution in [2.75, 3.05) is 24.3 Å². The van der Waals surface area contributed by atoms with Gasteiger partial charge < -0.3 is 10.2 Å². The van der Waals surface area contributed by atoms with Crippen molar-refractivity contribution in [2.45, 2.75) is 37.8 Å². The summed E-state index contributed by atoms with van der Waals surface area (Å²) >= 11 is 0. The first-order valence-corrected chi connectivity index (χ1v) is 9.87. The molecule has 1 N–H and O–H groups in total. The number of rotatable bonds is 5. The van der Waals surface area contributed by atoms with E-state index in [0.717, 1.165) is 42.8 Å². The molecule has 0 radical (unpaired) electrons. The van der Waals surface area contributed by atoms with Crippen LogP contribution in [0.2, 0.25) is 0 Å². The summed E-state index contributed by atoms with van der Waals surface area (Å²) in [5.41, 5.74) is 1.70. The fraction of sp³-hybridized carbons (Fsp3) is 0.381. The summed E-state index contributed by atoms with van der Waals surface area (Å²) in [6.45, 7) is 0. The van der Waals surface area contributed by atoms with Gasteiger partial charge in [-0.05, 0) is 49.9 Å². The number of anilines is 2. The van der Waals surface area contributed by atoms with Crippen molar-refractivity contribution in [1.82, 2.24) is 24.7 Å². The lowest BCUT2D eigenvalue weighted by Gasteiger charge is -2.29. The topological polar surface area (TPSA) is 88.8 Å². The van der Waals surface area contributed by atoms with Gasteiger partial charge >= 0.3 is 0 Å². The van der Waals surface area contributed by atoms with Crippen molar-refractivity contribution >= 4 is 11.8 Å². The van der Waals surface area contributed by atoms with Gasteiger partial charge in [-0.2, -0.15) is 10.1 Å². The molecule has 8 nitrogen and oxygen atoms in total. The standard InChI is InChI=1S/C21H25N7O/c1-27(2)19-11-14-23-21(25-19)24-16-3-5-17(6-4-16)28-20(29)8-7-18(26-28)15-9-12-22-13-10-15/h7-14,16-17H,3-6H2,1-2H3,(H,23,24,25). The van der Waals surface area contributed by atoms with Gasteiger partial charge in [0.25, 0.3) is 5.56 Å². The minimum absolute atomic E-state index is 0.0544. The molecule has 0 aromatic carbocycles. The maximum Gasteiger partial charge on any atom is 0.267 e. The molecule has 3 heterocycles. The third kappa shape index (κ3) is 4.42. The number of hydrogen-bond acceptors (Lipinski definition) is 7. The van der Waals surface area contributed by atoms with Gasteiger partial charge in [0.2, 0.25) is 5.95 Å². The Morgan fingerprint density at radius 1 is 1.00 bits per heavy atom. The number of pyridine rings is 1. The Kier molecular flexibility index (Phi) is 5.50. The van der Waals surface area contributed by atoms with E-state index < -0.39 is 0 Å². The monoisotopic (exact) mass is 391 g/mol. The molecular formula is C21H25N7O. The van der Waals surface area contributed by atoms with Crippen molar-refractivity contribution in [1.29, 1.82) is 0 Å². The predicted octanol–water partition coefficient (Wildman–Crippen LogP) is 2.76. The van der Waals surface area contributed by atoms with Gasteiger partial charge in [0.15, 0.2) is 0 Å². The van der Waals surface area contributed by atoms with Crippen molar-refractivity contribution < 1.29 is 0 Å². The molecule has 0 saturated heterocycles. The normalized spacial score (nSPS) is 19.0. The summed E-state index contributed by atoms with van der Waals surface area (Å²) in [6, 6.07) is 9.47. The van der Waals surface area contributed by atoms with E-state index in [2.05, 4.69) is 25.4 Å². The zero-order valence-electron chi connectivity index (χ0n) is 16.7. The van der Waals surface area contributed by atoms with Crippen molar-refractivity contribution in [3.05, 3.63) is 59.3 Å². The maximum absolute atomic E-state index is 12.4. The number of nitrogens with zero attached hydrogens (tertiary/aromatic N) is 6. The minimum atomic E-state index is -0.0544. The van der Waals surface area contributed by atoms with Gasteiger partial charge in [0, 0.05) is 50.4 Å². The van der Waals surface area contributed by atoms with E-state index in [9.17, 15) is 4.79 Å². The van der Waals surface area contributed by atoms with Crippen molar-refractivity contribution in [3.8, 4) is 11.3 Å². The third-order valence-electron chi connectivity index (χ3n) is 5.28. The average Bonchev–Trinajstić information content (AvgIpc) is 2.75. The van der Waals surface area contributed by atoms with Gasteiger partial charge in [0.1, 0.15) is 5.82 Å². The molecule has 150 valence electrons. The first-order chi connectivity index (χ1) is 14.1. The van der Waals surface area contributed by atoms with E-state index in [-0.39, 0.29) is 11.6 Å². The fourth-order valence-electron chi connectivity index (χ4n) is 3.68. The summed E-state index contributed by atoms with van der Waals surface area (Å²) in [5, 5.41) is 8.07. The van der Waals surface area contributed by atoms with Gasteiger partial charge in [-0.3, -0.25) is 9.78 Å².